The number of carbonyl (C=O) groups is 1. The Kier molecular flexibility index (Phi) is 6.81. The third kappa shape index (κ3) is 6.74. The highest BCUT2D eigenvalue weighted by Gasteiger charge is 2.25. The molecule has 1 aliphatic carbocycles. The number of rotatable bonds is 9. The molecule has 0 bridgehead atoms. The molecule has 0 spiro atoms. The first kappa shape index (κ1) is 18.3. The molecule has 2 fully saturated rings. The van der Waals surface area contributed by atoms with Gasteiger partial charge in [-0.1, -0.05) is 30.3 Å². The van der Waals surface area contributed by atoms with Crippen molar-refractivity contribution in [3.63, 3.8) is 0 Å². The maximum Gasteiger partial charge on any atom is 0.234 e. The van der Waals surface area contributed by atoms with E-state index in [9.17, 15) is 9.90 Å². The Balaban J connectivity index is 1.27. The smallest absolute Gasteiger partial charge is 0.234 e. The molecule has 6 nitrogen and oxygen atoms in total. The van der Waals surface area contributed by atoms with Crippen molar-refractivity contribution >= 4 is 5.91 Å². The summed E-state index contributed by atoms with van der Waals surface area (Å²) in [6.07, 6.45) is 1.78. The number of nitrogens with one attached hydrogen (secondary N) is 1. The summed E-state index contributed by atoms with van der Waals surface area (Å²) in [5, 5.41) is 13.2. The molecule has 0 radical (unpaired) electrons. The highest BCUT2D eigenvalue weighted by molar-refractivity contribution is 5.78. The summed E-state index contributed by atoms with van der Waals surface area (Å²) in [5.41, 5.74) is 1.12. The van der Waals surface area contributed by atoms with Crippen molar-refractivity contribution in [2.24, 2.45) is 0 Å². The Morgan fingerprint density at radius 3 is 2.52 bits per heavy atom. The number of piperazine rings is 1. The summed E-state index contributed by atoms with van der Waals surface area (Å²) in [4.78, 5) is 16.3. The molecule has 1 saturated carbocycles. The van der Waals surface area contributed by atoms with E-state index in [2.05, 4.69) is 15.1 Å². The van der Waals surface area contributed by atoms with Crippen molar-refractivity contribution in [1.82, 2.24) is 15.1 Å². The number of benzene rings is 1. The van der Waals surface area contributed by atoms with Crippen LogP contribution in [0.3, 0.4) is 0 Å². The van der Waals surface area contributed by atoms with Gasteiger partial charge in [0.15, 0.2) is 0 Å². The van der Waals surface area contributed by atoms with Gasteiger partial charge in [-0.3, -0.25) is 14.6 Å². The number of nitrogens with zero attached hydrogens (tertiary/aromatic N) is 2. The van der Waals surface area contributed by atoms with Gasteiger partial charge in [0.25, 0.3) is 0 Å². The number of amides is 1. The van der Waals surface area contributed by atoms with Crippen molar-refractivity contribution in [3.05, 3.63) is 35.9 Å². The van der Waals surface area contributed by atoms with E-state index in [4.69, 9.17) is 4.74 Å². The molecule has 25 heavy (non-hydrogen) atoms. The molecule has 138 valence electrons. The van der Waals surface area contributed by atoms with E-state index >= 15 is 0 Å². The van der Waals surface area contributed by atoms with Gasteiger partial charge < -0.3 is 15.2 Å². The Morgan fingerprint density at radius 1 is 1.16 bits per heavy atom. The van der Waals surface area contributed by atoms with Crippen LogP contribution in [0.4, 0.5) is 0 Å². The average molecular weight is 347 g/mol. The van der Waals surface area contributed by atoms with Crippen molar-refractivity contribution in [1.29, 1.82) is 0 Å². The summed E-state index contributed by atoms with van der Waals surface area (Å²) in [7, 11) is 0. The molecule has 1 atom stereocenters. The topological polar surface area (TPSA) is 65.0 Å². The summed E-state index contributed by atoms with van der Waals surface area (Å²) in [6.45, 7) is 5.49. The first-order valence-electron chi connectivity index (χ1n) is 9.23. The lowest BCUT2D eigenvalue weighted by atomic mass is 10.2. The van der Waals surface area contributed by atoms with Crippen LogP contribution in [0.25, 0.3) is 0 Å². The number of aliphatic hydroxyl groups excluding tert-OH is 1. The summed E-state index contributed by atoms with van der Waals surface area (Å²) in [6, 6.07) is 10.4. The molecular formula is C19H29N3O3. The van der Waals surface area contributed by atoms with Crippen LogP contribution in [-0.2, 0) is 16.1 Å². The van der Waals surface area contributed by atoms with Crippen molar-refractivity contribution in [2.45, 2.75) is 31.6 Å². The zero-order valence-corrected chi connectivity index (χ0v) is 14.8. The zero-order valence-electron chi connectivity index (χ0n) is 14.8. The number of hydrogen-bond acceptors (Lipinski definition) is 5. The maximum atomic E-state index is 11.8. The molecule has 1 aromatic rings. The van der Waals surface area contributed by atoms with Crippen LogP contribution in [0.2, 0.25) is 0 Å². The zero-order chi connectivity index (χ0) is 17.5. The number of aliphatic hydroxyl groups is 1. The van der Waals surface area contributed by atoms with Crippen LogP contribution in [0.15, 0.2) is 30.3 Å². The highest BCUT2D eigenvalue weighted by atomic mass is 16.5. The van der Waals surface area contributed by atoms with Gasteiger partial charge >= 0.3 is 0 Å². The van der Waals surface area contributed by atoms with Crippen LogP contribution >= 0.6 is 0 Å². The predicted octanol–water partition coefficient (Wildman–Crippen LogP) is 0.460. The summed E-state index contributed by atoms with van der Waals surface area (Å²) < 4.78 is 5.60. The average Bonchev–Trinajstić information content (AvgIpc) is 3.41. The van der Waals surface area contributed by atoms with E-state index in [1.807, 2.05) is 30.3 Å². The minimum Gasteiger partial charge on any atom is -0.389 e. The molecule has 1 aliphatic heterocycles. The highest BCUT2D eigenvalue weighted by Crippen LogP contribution is 2.18. The third-order valence-electron chi connectivity index (χ3n) is 4.67. The van der Waals surface area contributed by atoms with Crippen LogP contribution in [0.5, 0.6) is 0 Å². The van der Waals surface area contributed by atoms with E-state index in [0.717, 1.165) is 44.6 Å². The summed E-state index contributed by atoms with van der Waals surface area (Å²) >= 11 is 0. The molecular weight excluding hydrogens is 318 g/mol. The van der Waals surface area contributed by atoms with Crippen molar-refractivity contribution in [2.75, 3.05) is 45.9 Å². The van der Waals surface area contributed by atoms with E-state index in [-0.39, 0.29) is 5.91 Å². The lowest BCUT2D eigenvalue weighted by Gasteiger charge is -2.35. The second kappa shape index (κ2) is 9.29. The number of carbonyl (C=O) groups excluding carboxylic acids is 1. The van der Waals surface area contributed by atoms with E-state index in [1.54, 1.807) is 0 Å². The van der Waals surface area contributed by atoms with E-state index in [1.165, 1.54) is 0 Å². The van der Waals surface area contributed by atoms with Gasteiger partial charge in [-0.2, -0.15) is 0 Å². The lowest BCUT2D eigenvalue weighted by Crippen LogP contribution is -2.51. The minimum atomic E-state index is -0.478. The molecule has 2 aliphatic rings. The second-order valence-corrected chi connectivity index (χ2v) is 7.07. The van der Waals surface area contributed by atoms with Gasteiger partial charge in [0, 0.05) is 38.8 Å². The fourth-order valence-corrected chi connectivity index (χ4v) is 3.07. The monoisotopic (exact) mass is 347 g/mol. The second-order valence-electron chi connectivity index (χ2n) is 7.07. The molecule has 1 amide bonds. The van der Waals surface area contributed by atoms with Gasteiger partial charge in [0.05, 0.1) is 25.9 Å². The largest absolute Gasteiger partial charge is 0.389 e. The van der Waals surface area contributed by atoms with Crippen LogP contribution in [0.1, 0.15) is 18.4 Å². The Hall–Kier alpha value is -1.47. The quantitative estimate of drug-likeness (QED) is 0.679. The van der Waals surface area contributed by atoms with Gasteiger partial charge in [-0.15, -0.1) is 0 Å². The maximum absolute atomic E-state index is 11.8. The number of β-amino-alcohol motifs (C(OH)–C–C–N with tert-alkyl or cyclic N) is 1. The Bertz CT molecular complexity index is 528. The SMILES string of the molecule is O=C(CN1CCN(CC(O)COCc2ccccc2)CC1)NC1CC1. The standard InChI is InChI=1S/C19H29N3O3/c23-18(15-25-14-16-4-2-1-3-5-16)12-21-8-10-22(11-9-21)13-19(24)20-17-6-7-17/h1-5,17-18,23H,6-15H2,(H,20,24). The van der Waals surface area contributed by atoms with Crippen LogP contribution in [0, 0.1) is 0 Å². The Morgan fingerprint density at radius 2 is 1.84 bits per heavy atom. The first-order valence-corrected chi connectivity index (χ1v) is 9.23. The fraction of sp³-hybridized carbons (Fsp3) is 0.632. The number of ether oxygens (including phenoxy) is 1. The third-order valence-corrected chi connectivity index (χ3v) is 4.67. The molecule has 1 aromatic carbocycles. The Labute approximate surface area is 149 Å². The van der Waals surface area contributed by atoms with E-state index < -0.39 is 6.10 Å². The number of hydrogen-bond donors (Lipinski definition) is 2. The predicted molar refractivity (Wildman–Crippen MR) is 96.1 cm³/mol. The molecule has 3 rings (SSSR count). The molecule has 1 saturated heterocycles. The molecule has 6 heteroatoms. The molecule has 2 N–H and O–H groups in total. The molecule has 1 heterocycles. The fourth-order valence-electron chi connectivity index (χ4n) is 3.07. The summed E-state index contributed by atoms with van der Waals surface area (Å²) in [5.74, 6) is 0.144. The van der Waals surface area contributed by atoms with Crippen LogP contribution in [-0.4, -0.2) is 78.8 Å². The van der Waals surface area contributed by atoms with Gasteiger partial charge in [-0.25, -0.2) is 0 Å². The normalized spacial score (nSPS) is 20.4. The molecule has 0 aromatic heterocycles. The van der Waals surface area contributed by atoms with Crippen LogP contribution < -0.4 is 5.32 Å². The minimum absolute atomic E-state index is 0.144. The lowest BCUT2D eigenvalue weighted by molar-refractivity contribution is -0.122. The first-order chi connectivity index (χ1) is 12.2. The van der Waals surface area contributed by atoms with Gasteiger partial charge in [-0.05, 0) is 18.4 Å². The van der Waals surface area contributed by atoms with Crippen molar-refractivity contribution < 1.29 is 14.6 Å². The van der Waals surface area contributed by atoms with Gasteiger partial charge in [0.1, 0.15) is 0 Å². The van der Waals surface area contributed by atoms with Crippen molar-refractivity contribution in [3.8, 4) is 0 Å². The van der Waals surface area contributed by atoms with Gasteiger partial charge in [0.2, 0.25) is 5.91 Å². The molecule has 1 unspecified atom stereocenters. The van der Waals surface area contributed by atoms with E-state index in [0.29, 0.717) is 32.3 Å².